The third-order valence-corrected chi connectivity index (χ3v) is 7.90. The van der Waals surface area contributed by atoms with Crippen LogP contribution in [0.1, 0.15) is 56.3 Å². The average molecular weight is 446 g/mol. The summed E-state index contributed by atoms with van der Waals surface area (Å²) in [5.74, 6) is -0.343. The van der Waals surface area contributed by atoms with E-state index in [1.165, 1.54) is 46.6 Å². The molecule has 7 nitrogen and oxygen atoms in total. The molecule has 0 radical (unpaired) electrons. The molecule has 1 aliphatic rings. The summed E-state index contributed by atoms with van der Waals surface area (Å²) in [5, 5.41) is 2.92. The minimum atomic E-state index is -3.71. The molecule has 1 aromatic heterocycles. The number of sulfonamides is 1. The lowest BCUT2D eigenvalue weighted by Crippen LogP contribution is -2.35. The monoisotopic (exact) mass is 445 g/mol. The number of nitrogens with one attached hydrogen (secondary N) is 1. The highest BCUT2D eigenvalue weighted by Crippen LogP contribution is 2.24. The highest BCUT2D eigenvalue weighted by molar-refractivity contribution is 7.89. The number of pyridine rings is 1. The summed E-state index contributed by atoms with van der Waals surface area (Å²) >= 11 is 0. The van der Waals surface area contributed by atoms with E-state index in [4.69, 9.17) is 0 Å². The van der Waals surface area contributed by atoms with E-state index in [1.807, 2.05) is 13.0 Å². The number of rotatable bonds is 8. The zero-order chi connectivity index (χ0) is 22.6. The summed E-state index contributed by atoms with van der Waals surface area (Å²) in [6.07, 6.45) is 5.82. The average Bonchev–Trinajstić information content (AvgIpc) is 2.75. The van der Waals surface area contributed by atoms with E-state index < -0.39 is 15.6 Å². The van der Waals surface area contributed by atoms with Gasteiger partial charge in [-0.05, 0) is 55.4 Å². The molecule has 1 aliphatic carbocycles. The van der Waals surface area contributed by atoms with Crippen LogP contribution in [0.25, 0.3) is 0 Å². The van der Waals surface area contributed by atoms with Gasteiger partial charge in [-0.2, -0.15) is 4.31 Å². The van der Waals surface area contributed by atoms with Gasteiger partial charge in [-0.1, -0.05) is 32.0 Å². The summed E-state index contributed by atoms with van der Waals surface area (Å²) in [6, 6.07) is 8.61. The van der Waals surface area contributed by atoms with E-state index in [0.717, 1.165) is 23.0 Å². The van der Waals surface area contributed by atoms with Crippen LogP contribution in [0.5, 0.6) is 0 Å². The van der Waals surface area contributed by atoms with Crippen molar-refractivity contribution >= 4 is 15.9 Å². The lowest BCUT2D eigenvalue weighted by atomic mass is 9.89. The molecule has 2 aromatic rings. The second-order valence-electron chi connectivity index (χ2n) is 7.94. The van der Waals surface area contributed by atoms with Crippen molar-refractivity contribution in [1.82, 2.24) is 14.2 Å². The predicted octanol–water partition coefficient (Wildman–Crippen LogP) is 2.64. The molecular formula is C23H31N3O4S. The molecule has 0 saturated heterocycles. The Labute approximate surface area is 184 Å². The number of carbonyl (C=O) groups excluding carboxylic acids is 1. The highest BCUT2D eigenvalue weighted by atomic mass is 32.2. The standard InChI is InChI=1S/C23H31N3O4S/c1-4-26(5-2)31(29,30)21-12-13-23(28)25(15-21)16-22(27)24-17(3)19-11-10-18-8-6-7-9-20(18)14-19/h10-15,17H,4-9,16H2,1-3H3,(H,24,27)/t17-/m1/s1. The predicted molar refractivity (Wildman–Crippen MR) is 120 cm³/mol. The van der Waals surface area contributed by atoms with Gasteiger partial charge in [-0.3, -0.25) is 9.59 Å². The fourth-order valence-electron chi connectivity index (χ4n) is 4.05. The maximum absolute atomic E-state index is 12.7. The Balaban J connectivity index is 1.74. The fraction of sp³-hybridized carbons (Fsp3) is 0.478. The normalized spacial score (nSPS) is 14.8. The van der Waals surface area contributed by atoms with Crippen LogP contribution >= 0.6 is 0 Å². The Hall–Kier alpha value is -2.45. The van der Waals surface area contributed by atoms with Gasteiger partial charge >= 0.3 is 0 Å². The van der Waals surface area contributed by atoms with Crippen LogP contribution in [-0.2, 0) is 34.2 Å². The molecule has 8 heteroatoms. The Morgan fingerprint density at radius 2 is 1.77 bits per heavy atom. The number of nitrogens with zero attached hydrogens (tertiary/aromatic N) is 2. The van der Waals surface area contributed by atoms with Crippen molar-refractivity contribution in [1.29, 1.82) is 0 Å². The molecule has 0 spiro atoms. The van der Waals surface area contributed by atoms with Crippen molar-refractivity contribution in [3.05, 3.63) is 63.6 Å². The van der Waals surface area contributed by atoms with Gasteiger partial charge in [0.15, 0.2) is 0 Å². The molecule has 0 bridgehead atoms. The molecule has 1 N–H and O–H groups in total. The molecule has 168 valence electrons. The zero-order valence-electron chi connectivity index (χ0n) is 18.4. The summed E-state index contributed by atoms with van der Waals surface area (Å²) in [6.45, 7) is 5.84. The second kappa shape index (κ2) is 9.78. The van der Waals surface area contributed by atoms with E-state index in [0.29, 0.717) is 13.1 Å². The zero-order valence-corrected chi connectivity index (χ0v) is 19.2. The van der Waals surface area contributed by atoms with E-state index in [1.54, 1.807) is 13.8 Å². The Morgan fingerprint density at radius 3 is 2.45 bits per heavy atom. The van der Waals surface area contributed by atoms with Gasteiger partial charge in [-0.25, -0.2) is 8.42 Å². The van der Waals surface area contributed by atoms with Crippen LogP contribution in [0.15, 0.2) is 46.2 Å². The minimum Gasteiger partial charge on any atom is -0.348 e. The lowest BCUT2D eigenvalue weighted by molar-refractivity contribution is -0.122. The van der Waals surface area contributed by atoms with Crippen LogP contribution in [0.3, 0.4) is 0 Å². The molecule has 1 aromatic carbocycles. The smallest absolute Gasteiger partial charge is 0.251 e. The quantitative estimate of drug-likeness (QED) is 0.677. The molecule has 1 heterocycles. The topological polar surface area (TPSA) is 88.5 Å². The SMILES string of the molecule is CCN(CC)S(=O)(=O)c1ccc(=O)n(CC(=O)N[C@H](C)c2ccc3c(c2)CCCC3)c1. The maximum atomic E-state index is 12.7. The lowest BCUT2D eigenvalue weighted by Gasteiger charge is -2.20. The van der Waals surface area contributed by atoms with Crippen molar-refractivity contribution in [3.63, 3.8) is 0 Å². The van der Waals surface area contributed by atoms with Crippen LogP contribution in [-0.4, -0.2) is 36.3 Å². The molecule has 31 heavy (non-hydrogen) atoms. The van der Waals surface area contributed by atoms with Crippen LogP contribution in [0.4, 0.5) is 0 Å². The number of fused-ring (bicyclic) bond motifs is 1. The van der Waals surface area contributed by atoms with Crippen LogP contribution in [0.2, 0.25) is 0 Å². The van der Waals surface area contributed by atoms with Gasteiger partial charge < -0.3 is 9.88 Å². The first-order chi connectivity index (χ1) is 14.8. The van der Waals surface area contributed by atoms with Crippen molar-refractivity contribution in [2.75, 3.05) is 13.1 Å². The Bertz CT molecular complexity index is 1100. The van der Waals surface area contributed by atoms with Gasteiger partial charge in [0.2, 0.25) is 15.9 Å². The van der Waals surface area contributed by atoms with E-state index in [2.05, 4.69) is 17.4 Å². The number of aromatic nitrogens is 1. The van der Waals surface area contributed by atoms with Gasteiger partial charge in [0.25, 0.3) is 5.56 Å². The van der Waals surface area contributed by atoms with Gasteiger partial charge in [-0.15, -0.1) is 0 Å². The molecule has 0 saturated carbocycles. The highest BCUT2D eigenvalue weighted by Gasteiger charge is 2.23. The van der Waals surface area contributed by atoms with Crippen molar-refractivity contribution in [2.24, 2.45) is 0 Å². The van der Waals surface area contributed by atoms with E-state index in [-0.39, 0.29) is 23.4 Å². The molecular weight excluding hydrogens is 414 g/mol. The largest absolute Gasteiger partial charge is 0.348 e. The fourth-order valence-corrected chi connectivity index (χ4v) is 5.52. The second-order valence-corrected chi connectivity index (χ2v) is 9.88. The van der Waals surface area contributed by atoms with Crippen molar-refractivity contribution < 1.29 is 13.2 Å². The van der Waals surface area contributed by atoms with Crippen LogP contribution in [0, 0.1) is 0 Å². The summed E-state index contributed by atoms with van der Waals surface area (Å²) in [7, 11) is -3.71. The Morgan fingerprint density at radius 1 is 1.10 bits per heavy atom. The molecule has 1 atom stereocenters. The molecule has 1 amide bonds. The summed E-state index contributed by atoms with van der Waals surface area (Å²) < 4.78 is 27.9. The number of benzene rings is 1. The van der Waals surface area contributed by atoms with Gasteiger partial charge in [0.1, 0.15) is 6.54 Å². The third-order valence-electron chi connectivity index (χ3n) is 5.86. The van der Waals surface area contributed by atoms with Gasteiger partial charge in [0.05, 0.1) is 10.9 Å². The molecule has 0 fully saturated rings. The number of hydrogen-bond acceptors (Lipinski definition) is 4. The van der Waals surface area contributed by atoms with Crippen molar-refractivity contribution in [3.8, 4) is 0 Å². The first-order valence-electron chi connectivity index (χ1n) is 10.9. The molecule has 0 unspecified atom stereocenters. The number of aryl methyl sites for hydroxylation is 2. The first kappa shape index (κ1) is 23.2. The number of hydrogen-bond donors (Lipinski definition) is 1. The third kappa shape index (κ3) is 5.25. The number of amides is 1. The van der Waals surface area contributed by atoms with E-state index >= 15 is 0 Å². The Kier molecular flexibility index (Phi) is 7.33. The molecule has 0 aliphatic heterocycles. The van der Waals surface area contributed by atoms with E-state index in [9.17, 15) is 18.0 Å². The maximum Gasteiger partial charge on any atom is 0.251 e. The first-order valence-corrected chi connectivity index (χ1v) is 12.3. The number of carbonyl (C=O) groups is 1. The minimum absolute atomic E-state index is 0.00587. The molecule has 3 rings (SSSR count). The summed E-state index contributed by atoms with van der Waals surface area (Å²) in [4.78, 5) is 24.9. The summed E-state index contributed by atoms with van der Waals surface area (Å²) in [5.41, 5.74) is 3.33. The van der Waals surface area contributed by atoms with Gasteiger partial charge in [0, 0.05) is 25.4 Å². The van der Waals surface area contributed by atoms with Crippen LogP contribution < -0.4 is 10.9 Å². The van der Waals surface area contributed by atoms with Crippen molar-refractivity contribution in [2.45, 2.75) is 63.9 Å².